The Morgan fingerprint density at radius 3 is 2.42 bits per heavy atom. The number of hydrogen-bond acceptors (Lipinski definition) is 1. The molecule has 12 heavy (non-hydrogen) atoms. The highest BCUT2D eigenvalue weighted by molar-refractivity contribution is 7.08. The number of thiophene rings is 1. The Kier molecular flexibility index (Phi) is 1.92. The van der Waals surface area contributed by atoms with Crippen LogP contribution in [0.15, 0.2) is 41.4 Å². The van der Waals surface area contributed by atoms with Gasteiger partial charge in [0.15, 0.2) is 12.4 Å². The van der Waals surface area contributed by atoms with Crippen LogP contribution in [0, 0.1) is 0 Å². The molecule has 0 fully saturated rings. The number of pyridine rings is 1. The van der Waals surface area contributed by atoms with Crippen LogP contribution < -0.4 is 4.57 Å². The minimum Gasteiger partial charge on any atom is -0.208 e. The van der Waals surface area contributed by atoms with E-state index < -0.39 is 0 Å². The largest absolute Gasteiger partial charge is 0.208 e. The van der Waals surface area contributed by atoms with E-state index >= 15 is 0 Å². The third-order valence-corrected chi connectivity index (χ3v) is 2.52. The molecule has 0 aliphatic rings. The van der Waals surface area contributed by atoms with Crippen LogP contribution in [0.25, 0.3) is 11.1 Å². The topological polar surface area (TPSA) is 3.88 Å². The summed E-state index contributed by atoms with van der Waals surface area (Å²) in [5, 5.41) is 4.26. The molecule has 0 bridgehead atoms. The number of hydrogen-bond donors (Lipinski definition) is 0. The van der Waals surface area contributed by atoms with Gasteiger partial charge >= 0.3 is 0 Å². The van der Waals surface area contributed by atoms with E-state index in [1.165, 1.54) is 11.1 Å². The summed E-state index contributed by atoms with van der Waals surface area (Å²) in [5.41, 5.74) is 2.59. The van der Waals surface area contributed by atoms with Gasteiger partial charge in [-0.1, -0.05) is 0 Å². The number of aromatic nitrogens is 1. The highest BCUT2D eigenvalue weighted by Gasteiger charge is 1.98. The molecule has 2 aromatic heterocycles. The smallest absolute Gasteiger partial charge is 0.169 e. The second-order valence-electron chi connectivity index (χ2n) is 2.76. The summed E-state index contributed by atoms with van der Waals surface area (Å²) in [5.74, 6) is 0. The maximum Gasteiger partial charge on any atom is 0.169 e. The van der Waals surface area contributed by atoms with Crippen molar-refractivity contribution in [2.24, 2.45) is 7.05 Å². The van der Waals surface area contributed by atoms with Gasteiger partial charge in [0.2, 0.25) is 0 Å². The van der Waals surface area contributed by atoms with E-state index in [4.69, 9.17) is 0 Å². The Bertz CT molecular complexity index is 348. The van der Waals surface area contributed by atoms with Gasteiger partial charge in [-0.05, 0) is 28.0 Å². The summed E-state index contributed by atoms with van der Waals surface area (Å²) in [6, 6.07) is 6.39. The summed E-state index contributed by atoms with van der Waals surface area (Å²) >= 11 is 1.73. The second-order valence-corrected chi connectivity index (χ2v) is 3.54. The fourth-order valence-electron chi connectivity index (χ4n) is 1.12. The van der Waals surface area contributed by atoms with Crippen molar-refractivity contribution in [1.29, 1.82) is 0 Å². The van der Waals surface area contributed by atoms with Gasteiger partial charge in [0.1, 0.15) is 7.05 Å². The van der Waals surface area contributed by atoms with Crippen molar-refractivity contribution in [2.45, 2.75) is 0 Å². The number of rotatable bonds is 1. The lowest BCUT2D eigenvalue weighted by molar-refractivity contribution is -0.671. The van der Waals surface area contributed by atoms with Crippen LogP contribution in [0.4, 0.5) is 0 Å². The molecular formula is C10H10NS+. The Hall–Kier alpha value is -1.15. The molecule has 0 amide bonds. The standard InChI is InChI=1S/C10H10NS/c1-11-5-2-9(3-6-11)10-4-7-12-8-10/h2-8H,1H3/q+1. The molecule has 2 rings (SSSR count). The molecule has 0 radical (unpaired) electrons. The lowest BCUT2D eigenvalue weighted by Crippen LogP contribution is -2.25. The lowest BCUT2D eigenvalue weighted by atomic mass is 10.1. The third kappa shape index (κ3) is 1.38. The van der Waals surface area contributed by atoms with E-state index in [1.807, 2.05) is 11.6 Å². The van der Waals surface area contributed by atoms with Gasteiger partial charge in [-0.2, -0.15) is 11.3 Å². The van der Waals surface area contributed by atoms with Crippen LogP contribution in [0.3, 0.4) is 0 Å². The molecule has 2 aromatic rings. The monoisotopic (exact) mass is 176 g/mol. The van der Waals surface area contributed by atoms with Gasteiger partial charge in [0, 0.05) is 12.1 Å². The summed E-state index contributed by atoms with van der Waals surface area (Å²) < 4.78 is 2.04. The van der Waals surface area contributed by atoms with Gasteiger partial charge in [-0.3, -0.25) is 0 Å². The van der Waals surface area contributed by atoms with Gasteiger partial charge in [-0.15, -0.1) is 0 Å². The first-order chi connectivity index (χ1) is 5.86. The van der Waals surface area contributed by atoms with Crippen molar-refractivity contribution in [3.63, 3.8) is 0 Å². The van der Waals surface area contributed by atoms with Crippen LogP contribution in [0.1, 0.15) is 0 Å². The normalized spacial score (nSPS) is 10.1. The predicted octanol–water partition coefficient (Wildman–Crippen LogP) is 2.24. The van der Waals surface area contributed by atoms with Gasteiger partial charge in [0.05, 0.1) is 0 Å². The van der Waals surface area contributed by atoms with Gasteiger partial charge in [-0.25, -0.2) is 4.57 Å². The average Bonchev–Trinajstić information content (AvgIpc) is 2.58. The zero-order chi connectivity index (χ0) is 8.39. The molecule has 0 spiro atoms. The van der Waals surface area contributed by atoms with Crippen molar-refractivity contribution in [3.8, 4) is 11.1 Å². The first kappa shape index (κ1) is 7.50. The van der Waals surface area contributed by atoms with E-state index in [9.17, 15) is 0 Å². The van der Waals surface area contributed by atoms with Crippen LogP contribution in [0.5, 0.6) is 0 Å². The maximum absolute atomic E-state index is 2.16. The van der Waals surface area contributed by atoms with Crippen LogP contribution >= 0.6 is 11.3 Å². The molecule has 0 aliphatic heterocycles. The Balaban J connectivity index is 2.43. The zero-order valence-corrected chi connectivity index (χ0v) is 7.71. The third-order valence-electron chi connectivity index (χ3n) is 1.83. The van der Waals surface area contributed by atoms with Crippen molar-refractivity contribution in [2.75, 3.05) is 0 Å². The van der Waals surface area contributed by atoms with E-state index in [2.05, 4.69) is 41.4 Å². The fourth-order valence-corrected chi connectivity index (χ4v) is 1.79. The fraction of sp³-hybridized carbons (Fsp3) is 0.100. The maximum atomic E-state index is 2.16. The molecule has 2 heteroatoms. The summed E-state index contributed by atoms with van der Waals surface area (Å²) in [6.45, 7) is 0. The molecule has 0 saturated carbocycles. The molecule has 2 heterocycles. The van der Waals surface area contributed by atoms with Crippen molar-refractivity contribution < 1.29 is 4.57 Å². The molecule has 0 aromatic carbocycles. The number of nitrogens with zero attached hydrogens (tertiary/aromatic N) is 1. The molecule has 0 aliphatic carbocycles. The van der Waals surface area contributed by atoms with Crippen molar-refractivity contribution in [1.82, 2.24) is 0 Å². The van der Waals surface area contributed by atoms with Gasteiger partial charge < -0.3 is 0 Å². The summed E-state index contributed by atoms with van der Waals surface area (Å²) in [6.07, 6.45) is 4.12. The minimum atomic E-state index is 1.29. The Labute approximate surface area is 75.9 Å². The first-order valence-corrected chi connectivity index (χ1v) is 4.78. The number of aryl methyl sites for hydroxylation is 1. The summed E-state index contributed by atoms with van der Waals surface area (Å²) in [4.78, 5) is 0. The predicted molar refractivity (Wildman–Crippen MR) is 50.9 cm³/mol. The molecule has 0 unspecified atom stereocenters. The summed E-state index contributed by atoms with van der Waals surface area (Å²) in [7, 11) is 2.03. The highest BCUT2D eigenvalue weighted by atomic mass is 32.1. The molecule has 0 saturated heterocycles. The average molecular weight is 176 g/mol. The Morgan fingerprint density at radius 2 is 1.83 bits per heavy atom. The van der Waals surface area contributed by atoms with Crippen LogP contribution in [0.2, 0.25) is 0 Å². The van der Waals surface area contributed by atoms with E-state index in [0.29, 0.717) is 0 Å². The Morgan fingerprint density at radius 1 is 1.08 bits per heavy atom. The SMILES string of the molecule is C[n+]1ccc(-c2ccsc2)cc1. The van der Waals surface area contributed by atoms with E-state index in [-0.39, 0.29) is 0 Å². The minimum absolute atomic E-state index is 1.29. The molecule has 0 N–H and O–H groups in total. The highest BCUT2D eigenvalue weighted by Crippen LogP contribution is 2.20. The second kappa shape index (κ2) is 3.07. The molecule has 0 atom stereocenters. The quantitative estimate of drug-likeness (QED) is 0.587. The van der Waals surface area contributed by atoms with Gasteiger partial charge in [0.25, 0.3) is 0 Å². The molecule has 60 valence electrons. The van der Waals surface area contributed by atoms with E-state index in [0.717, 1.165) is 0 Å². The molecule has 1 nitrogen and oxygen atoms in total. The lowest BCUT2D eigenvalue weighted by Gasteiger charge is -1.93. The van der Waals surface area contributed by atoms with E-state index in [1.54, 1.807) is 11.3 Å². The van der Waals surface area contributed by atoms with Crippen LogP contribution in [-0.2, 0) is 7.05 Å². The zero-order valence-electron chi connectivity index (χ0n) is 6.90. The first-order valence-electron chi connectivity index (χ1n) is 3.84. The van der Waals surface area contributed by atoms with Crippen molar-refractivity contribution >= 4 is 11.3 Å². The molecular weight excluding hydrogens is 166 g/mol. The van der Waals surface area contributed by atoms with Crippen molar-refractivity contribution in [3.05, 3.63) is 41.4 Å². The van der Waals surface area contributed by atoms with Crippen LogP contribution in [-0.4, -0.2) is 0 Å².